The lowest BCUT2D eigenvalue weighted by Gasteiger charge is -2.14. The summed E-state index contributed by atoms with van der Waals surface area (Å²) in [6.45, 7) is 10.4. The molecule has 0 aliphatic carbocycles. The van der Waals surface area contributed by atoms with Crippen LogP contribution in [0.25, 0.3) is 0 Å². The molecule has 0 aliphatic rings. The van der Waals surface area contributed by atoms with E-state index in [9.17, 15) is 4.39 Å². The summed E-state index contributed by atoms with van der Waals surface area (Å²) in [5.74, 6) is -0.188. The number of aryl methyl sites for hydroxylation is 1. The van der Waals surface area contributed by atoms with Crippen molar-refractivity contribution in [3.8, 4) is 0 Å². The highest BCUT2D eigenvalue weighted by Crippen LogP contribution is 2.17. The summed E-state index contributed by atoms with van der Waals surface area (Å²) < 4.78 is 15.2. The molecule has 0 bridgehead atoms. The van der Waals surface area contributed by atoms with Crippen molar-refractivity contribution in [1.82, 2.24) is 9.88 Å². The van der Waals surface area contributed by atoms with E-state index >= 15 is 0 Å². The minimum atomic E-state index is -0.188. The minimum absolute atomic E-state index is 0.188. The topological polar surface area (TPSA) is 17.0 Å². The summed E-state index contributed by atoms with van der Waals surface area (Å²) in [4.78, 5) is 0. The molecule has 0 amide bonds. The van der Waals surface area contributed by atoms with E-state index in [1.165, 1.54) is 29.1 Å². The number of benzene rings is 1. The molecule has 3 heteroatoms. The second-order valence-corrected chi connectivity index (χ2v) is 5.29. The van der Waals surface area contributed by atoms with E-state index in [1.807, 2.05) is 12.1 Å². The fourth-order valence-electron chi connectivity index (χ4n) is 2.67. The molecule has 1 N–H and O–H groups in total. The molecule has 108 valence electrons. The summed E-state index contributed by atoms with van der Waals surface area (Å²) in [5, 5.41) is 3.50. The van der Waals surface area contributed by atoms with Crippen LogP contribution in [-0.2, 0) is 13.1 Å². The van der Waals surface area contributed by atoms with Crippen LogP contribution in [0.3, 0.4) is 0 Å². The van der Waals surface area contributed by atoms with Crippen molar-refractivity contribution in [3.63, 3.8) is 0 Å². The van der Waals surface area contributed by atoms with Crippen LogP contribution in [0.4, 0.5) is 4.39 Å². The van der Waals surface area contributed by atoms with Gasteiger partial charge < -0.3 is 9.88 Å². The summed E-state index contributed by atoms with van der Waals surface area (Å²) >= 11 is 0. The highest BCUT2D eigenvalue weighted by molar-refractivity contribution is 5.27. The molecule has 1 aromatic carbocycles. The van der Waals surface area contributed by atoms with Crippen molar-refractivity contribution in [2.75, 3.05) is 0 Å². The highest BCUT2D eigenvalue weighted by atomic mass is 19.1. The summed E-state index contributed by atoms with van der Waals surface area (Å²) in [6.07, 6.45) is 0. The molecule has 0 spiro atoms. The Morgan fingerprint density at radius 3 is 2.40 bits per heavy atom. The average molecular weight is 274 g/mol. The van der Waals surface area contributed by atoms with Crippen LogP contribution in [-0.4, -0.2) is 4.57 Å². The Morgan fingerprint density at radius 1 is 1.20 bits per heavy atom. The zero-order valence-electron chi connectivity index (χ0n) is 12.7. The molecule has 2 aromatic rings. The number of rotatable bonds is 5. The Hall–Kier alpha value is -1.61. The largest absolute Gasteiger partial charge is 0.349 e. The lowest BCUT2D eigenvalue weighted by atomic mass is 10.1. The first-order valence-electron chi connectivity index (χ1n) is 7.17. The molecule has 1 heterocycles. The third-order valence-electron chi connectivity index (χ3n) is 3.96. The number of nitrogens with one attached hydrogen (secondary N) is 1. The van der Waals surface area contributed by atoms with Crippen molar-refractivity contribution in [2.24, 2.45) is 0 Å². The molecule has 0 fully saturated rings. The van der Waals surface area contributed by atoms with E-state index in [2.05, 4.69) is 43.6 Å². The van der Waals surface area contributed by atoms with Gasteiger partial charge in [-0.1, -0.05) is 12.1 Å². The van der Waals surface area contributed by atoms with Gasteiger partial charge in [0.1, 0.15) is 5.82 Å². The quantitative estimate of drug-likeness (QED) is 0.868. The van der Waals surface area contributed by atoms with Gasteiger partial charge in [-0.05, 0) is 57.0 Å². The van der Waals surface area contributed by atoms with Crippen molar-refractivity contribution in [3.05, 3.63) is 58.7 Å². The standard InChI is InChI=1S/C17H23FN2/c1-5-20-12(2)10-16(14(20)4)11-19-13(3)15-6-8-17(18)9-7-15/h6-10,13,19H,5,11H2,1-4H3. The normalized spacial score (nSPS) is 12.7. The maximum atomic E-state index is 12.9. The van der Waals surface area contributed by atoms with Crippen molar-refractivity contribution in [2.45, 2.75) is 46.8 Å². The summed E-state index contributed by atoms with van der Waals surface area (Å²) in [7, 11) is 0. The van der Waals surface area contributed by atoms with E-state index in [0.717, 1.165) is 18.7 Å². The maximum Gasteiger partial charge on any atom is 0.123 e. The monoisotopic (exact) mass is 274 g/mol. The SMILES string of the molecule is CCn1c(C)cc(CNC(C)c2ccc(F)cc2)c1C. The van der Waals surface area contributed by atoms with Crippen LogP contribution < -0.4 is 5.32 Å². The van der Waals surface area contributed by atoms with Crippen LogP contribution >= 0.6 is 0 Å². The van der Waals surface area contributed by atoms with Crippen LogP contribution in [0.1, 0.15) is 42.4 Å². The molecule has 0 aliphatic heterocycles. The Bertz CT molecular complexity index is 569. The van der Waals surface area contributed by atoms with Gasteiger partial charge in [0.05, 0.1) is 0 Å². The Morgan fingerprint density at radius 2 is 1.85 bits per heavy atom. The third kappa shape index (κ3) is 3.10. The molecule has 2 rings (SSSR count). The number of halogens is 1. The minimum Gasteiger partial charge on any atom is -0.349 e. The van der Waals surface area contributed by atoms with Crippen LogP contribution in [0.5, 0.6) is 0 Å². The van der Waals surface area contributed by atoms with Crippen LogP contribution in [0.2, 0.25) is 0 Å². The molecule has 0 radical (unpaired) electrons. The molecule has 1 aromatic heterocycles. The van der Waals surface area contributed by atoms with Crippen LogP contribution in [0.15, 0.2) is 30.3 Å². The van der Waals surface area contributed by atoms with E-state index in [4.69, 9.17) is 0 Å². The third-order valence-corrected chi connectivity index (χ3v) is 3.96. The molecule has 0 saturated heterocycles. The second kappa shape index (κ2) is 6.23. The zero-order chi connectivity index (χ0) is 14.7. The molecule has 2 nitrogen and oxygen atoms in total. The first-order chi connectivity index (χ1) is 9.52. The molecule has 1 atom stereocenters. The highest BCUT2D eigenvalue weighted by Gasteiger charge is 2.10. The van der Waals surface area contributed by atoms with Gasteiger partial charge in [0.15, 0.2) is 0 Å². The van der Waals surface area contributed by atoms with Crippen molar-refractivity contribution < 1.29 is 4.39 Å². The van der Waals surface area contributed by atoms with E-state index in [0.29, 0.717) is 0 Å². The van der Waals surface area contributed by atoms with Crippen molar-refractivity contribution in [1.29, 1.82) is 0 Å². The maximum absolute atomic E-state index is 12.9. The fourth-order valence-corrected chi connectivity index (χ4v) is 2.67. The lowest BCUT2D eigenvalue weighted by Crippen LogP contribution is -2.18. The molecule has 0 saturated carbocycles. The predicted octanol–water partition coefficient (Wildman–Crippen LogP) is 4.11. The van der Waals surface area contributed by atoms with Gasteiger partial charge in [-0.15, -0.1) is 0 Å². The molecular weight excluding hydrogens is 251 g/mol. The Labute approximate surface area is 120 Å². The van der Waals surface area contributed by atoms with Gasteiger partial charge in [-0.25, -0.2) is 4.39 Å². The smallest absolute Gasteiger partial charge is 0.123 e. The summed E-state index contributed by atoms with van der Waals surface area (Å²) in [6, 6.07) is 9.14. The zero-order valence-corrected chi connectivity index (χ0v) is 12.7. The van der Waals surface area contributed by atoms with Gasteiger partial charge in [0.25, 0.3) is 0 Å². The first kappa shape index (κ1) is 14.8. The Kier molecular flexibility index (Phi) is 4.61. The van der Waals surface area contributed by atoms with Crippen molar-refractivity contribution >= 4 is 0 Å². The number of hydrogen-bond acceptors (Lipinski definition) is 1. The van der Waals surface area contributed by atoms with E-state index < -0.39 is 0 Å². The summed E-state index contributed by atoms with van der Waals surface area (Å²) in [5.41, 5.74) is 5.06. The predicted molar refractivity (Wildman–Crippen MR) is 81.2 cm³/mol. The lowest BCUT2D eigenvalue weighted by molar-refractivity contribution is 0.568. The van der Waals surface area contributed by atoms with Gasteiger partial charge in [-0.2, -0.15) is 0 Å². The fraction of sp³-hybridized carbons (Fsp3) is 0.412. The molecule has 1 unspecified atom stereocenters. The van der Waals surface area contributed by atoms with Gasteiger partial charge in [0, 0.05) is 30.5 Å². The number of hydrogen-bond donors (Lipinski definition) is 1. The Balaban J connectivity index is 2.03. The van der Waals surface area contributed by atoms with Gasteiger partial charge in [-0.3, -0.25) is 0 Å². The number of nitrogens with zero attached hydrogens (tertiary/aromatic N) is 1. The second-order valence-electron chi connectivity index (χ2n) is 5.29. The number of aromatic nitrogens is 1. The first-order valence-corrected chi connectivity index (χ1v) is 7.17. The average Bonchev–Trinajstić information content (AvgIpc) is 2.71. The van der Waals surface area contributed by atoms with Gasteiger partial charge >= 0.3 is 0 Å². The van der Waals surface area contributed by atoms with Gasteiger partial charge in [0.2, 0.25) is 0 Å². The molecule has 20 heavy (non-hydrogen) atoms. The molecular formula is C17H23FN2. The van der Waals surface area contributed by atoms with E-state index in [1.54, 1.807) is 0 Å². The van der Waals surface area contributed by atoms with E-state index in [-0.39, 0.29) is 11.9 Å². The van der Waals surface area contributed by atoms with Crippen LogP contribution in [0, 0.1) is 19.7 Å².